The number of aliphatic carboxylic acids is 1. The third-order valence-electron chi connectivity index (χ3n) is 19.4. The summed E-state index contributed by atoms with van der Waals surface area (Å²) >= 11 is 59.9. The van der Waals surface area contributed by atoms with Crippen molar-refractivity contribution in [3.8, 4) is 6.07 Å². The Hall–Kier alpha value is -11.0. The first-order valence-electron chi connectivity index (χ1n) is 40.6. The number of nitrogens with one attached hydrogen (secondary N) is 2. The van der Waals surface area contributed by atoms with E-state index in [0.29, 0.717) is 84.5 Å². The van der Waals surface area contributed by atoms with E-state index in [0.717, 1.165) is 132 Å². The molecule has 4 atom stereocenters. The number of carbonyl (C=O) groups excluding carboxylic acids is 7. The second-order valence-electron chi connectivity index (χ2n) is 28.3. The van der Waals surface area contributed by atoms with E-state index in [-0.39, 0.29) is 49.9 Å². The molecule has 4 unspecified atom stereocenters. The summed E-state index contributed by atoms with van der Waals surface area (Å²) in [6.45, 7) is 18.2. The highest BCUT2D eigenvalue weighted by Crippen LogP contribution is 2.61. The SMILES string of the molecule is C.C.C=CC(=O)Cl.C=CC(=O)N1CCN(c2nccc3cc(Cl)ccc23)CC1C#N.C=CC(=O)N1CCN(c2nccc3cc(Cl)ccc23)CC1C(N)=O.Clc1ccc2c(Cl)nccc2c1.Clc1ccc2c[nH+]ccc2c1.Clc1ccc2cnccc2c1.NC(=O)C1CCCN(c2nccc3cc(Cl)ccc23)C1.O=C(O)C1CCCNC1.O=C(OC(=O)C(F)(F)F)C(F)(F)F.O=P(Cl)(Cl)Cl.[2H]CC.[OH-]. The number of rotatable bonds is 9. The quantitative estimate of drug-likeness (QED) is 0.0198. The highest BCUT2D eigenvalue weighted by Gasteiger charge is 2.49. The van der Waals surface area contributed by atoms with Gasteiger partial charge in [0, 0.05) is 159 Å². The number of aromatic amines is 1. The number of pyridine rings is 6. The van der Waals surface area contributed by atoms with Crippen molar-refractivity contribution in [3.63, 3.8) is 0 Å². The fraction of sp³-hybridized carbons (Fsp3) is 0.258. The average molecular weight is 2150 g/mol. The predicted molar refractivity (Wildman–Crippen MR) is 538 cm³/mol. The van der Waals surface area contributed by atoms with Gasteiger partial charge in [-0.15, -0.1) is 0 Å². The molecule has 0 saturated carbocycles. The molecular formula is C93H95Cl11F6N15O12P. The van der Waals surface area contributed by atoms with Gasteiger partial charge in [0.2, 0.25) is 28.9 Å². The van der Waals surface area contributed by atoms with Crippen LogP contribution in [0.25, 0.3) is 64.6 Å². The third kappa shape index (κ3) is 39.3. The van der Waals surface area contributed by atoms with Crippen molar-refractivity contribution in [2.45, 2.75) is 78.8 Å². The van der Waals surface area contributed by atoms with E-state index in [1.54, 1.807) is 54.9 Å². The number of amides is 4. The van der Waals surface area contributed by atoms with E-state index >= 15 is 0 Å². The van der Waals surface area contributed by atoms with Gasteiger partial charge in [0.15, 0.2) is 12.4 Å². The predicted octanol–water partition coefficient (Wildman–Crippen LogP) is 22.6. The van der Waals surface area contributed by atoms with Crippen molar-refractivity contribution in [1.29, 1.82) is 5.26 Å². The van der Waals surface area contributed by atoms with E-state index in [1.807, 2.05) is 162 Å². The monoisotopic (exact) mass is 2140 g/mol. The summed E-state index contributed by atoms with van der Waals surface area (Å²) in [5, 5.41) is 34.5. The van der Waals surface area contributed by atoms with Crippen molar-refractivity contribution in [2.24, 2.45) is 23.3 Å². The largest absolute Gasteiger partial charge is 0.870 e. The van der Waals surface area contributed by atoms with Crippen LogP contribution in [0, 0.1) is 23.2 Å². The van der Waals surface area contributed by atoms with E-state index < -0.39 is 58.7 Å². The topological polar surface area (TPSA) is 396 Å². The molecule has 12 aromatic rings. The van der Waals surface area contributed by atoms with Gasteiger partial charge in [0.05, 0.1) is 24.4 Å². The number of esters is 2. The maximum atomic E-state index is 11.9. The Morgan fingerprint density at radius 1 is 0.536 bits per heavy atom. The number of nitrogens with two attached hydrogens (primary N) is 2. The van der Waals surface area contributed by atoms with Crippen LogP contribution in [0.2, 0.25) is 35.3 Å². The summed E-state index contributed by atoms with van der Waals surface area (Å²) in [6.07, 6.45) is 10.2. The zero-order chi connectivity index (χ0) is 101. The molecule has 0 radical (unpaired) electrons. The number of piperidine rings is 2. The molecule has 45 heteroatoms. The zero-order valence-electron chi connectivity index (χ0n) is 72.7. The summed E-state index contributed by atoms with van der Waals surface area (Å²) in [4.78, 5) is 120. The lowest BCUT2D eigenvalue weighted by Crippen LogP contribution is -2.59. The minimum absolute atomic E-state index is 0. The maximum absolute atomic E-state index is 11.9. The first kappa shape index (κ1) is 119. The molecule has 738 valence electrons. The van der Waals surface area contributed by atoms with Crippen molar-refractivity contribution in [3.05, 3.63) is 268 Å². The Morgan fingerprint density at radius 2 is 0.920 bits per heavy atom. The molecule has 0 spiro atoms. The molecule has 4 saturated heterocycles. The second-order valence-corrected chi connectivity index (χ2v) is 38.3. The van der Waals surface area contributed by atoms with Crippen LogP contribution in [0.15, 0.2) is 233 Å². The lowest BCUT2D eigenvalue weighted by molar-refractivity contribution is -0.375. The van der Waals surface area contributed by atoms with E-state index in [1.165, 1.54) is 22.4 Å². The van der Waals surface area contributed by atoms with E-state index in [9.17, 15) is 74.5 Å². The summed E-state index contributed by atoms with van der Waals surface area (Å²) in [7, 11) is 0. The summed E-state index contributed by atoms with van der Waals surface area (Å²) in [5.74, 6) is -6.10. The van der Waals surface area contributed by atoms with Crippen molar-refractivity contribution < 1.29 is 90.9 Å². The molecule has 4 aliphatic rings. The Morgan fingerprint density at radius 3 is 1.33 bits per heavy atom. The maximum Gasteiger partial charge on any atom is 0.491 e. The molecular weight excluding hydrogens is 2050 g/mol. The number of carbonyl (C=O) groups is 8. The Kier molecular flexibility index (Phi) is 51.4. The van der Waals surface area contributed by atoms with Crippen molar-refractivity contribution in [1.82, 2.24) is 40.0 Å². The number of carboxylic acids is 1. The van der Waals surface area contributed by atoms with Gasteiger partial charge in [-0.25, -0.2) is 34.5 Å². The molecule has 8 N–H and O–H groups in total. The molecule has 0 aliphatic carbocycles. The summed E-state index contributed by atoms with van der Waals surface area (Å²) in [6, 6.07) is 46.6. The summed E-state index contributed by atoms with van der Waals surface area (Å²) < 4.78 is 85.4. The van der Waals surface area contributed by atoms with Crippen LogP contribution >= 0.6 is 132 Å². The Balaban J connectivity index is 0.000000407. The number of halogens is 17. The number of nitriles is 1. The number of allylic oxidation sites excluding steroid dienone is 1. The molecule has 138 heavy (non-hydrogen) atoms. The number of hydrogen-bond acceptors (Lipinski definition) is 21. The van der Waals surface area contributed by atoms with Gasteiger partial charge in [-0.05, 0) is 262 Å². The molecule has 4 aliphatic heterocycles. The Bertz CT molecular complexity index is 6200. The molecule has 4 amide bonds. The number of alkyl halides is 6. The fourth-order valence-electron chi connectivity index (χ4n) is 13.1. The molecule has 6 aromatic heterocycles. The number of primary amides is 2. The Labute approximate surface area is 847 Å². The first-order chi connectivity index (χ1) is 64.3. The van der Waals surface area contributed by atoms with Crippen LogP contribution in [0.4, 0.5) is 43.8 Å². The summed E-state index contributed by atoms with van der Waals surface area (Å²) in [5.41, 5.74) is 10.9. The molecule has 10 heterocycles. The molecule has 16 rings (SSSR count). The number of ether oxygens (including phenoxy) is 1. The van der Waals surface area contributed by atoms with Crippen molar-refractivity contribution in [2.75, 3.05) is 80.1 Å². The minimum atomic E-state index is -5.62. The van der Waals surface area contributed by atoms with E-state index in [4.69, 9.17) is 111 Å². The average Bonchev–Trinajstić information content (AvgIpc) is 0.787. The molecule has 4 fully saturated rings. The smallest absolute Gasteiger partial charge is 0.491 e. The number of benzene rings is 6. The standard InChI is InChI=1S/C17H17ClN4O2.C17H15ClN4O.C15H16ClN3O.C9H5Cl2N.2C9H6ClN.C6H11NO2.C4F6O3.C3H3ClO.C2H6.2CH4.Cl3OP.H2O/c1-2-15(23)22-8-7-21(10-14(22)16(19)24)17-13-4-3-12(18)9-11(13)5-6-20-17;1-2-16(23)22-8-7-21(11-14(22)10-19)17-15-4-3-13(18)9-12(15)5-6-20-17;16-12-3-4-13-10(8-12)5-6-18-15(13)19-7-1-2-11(9-19)14(17)20;10-7-1-2-8-6(5-7)3-4-12-9(8)11;2*10-9-2-1-8-6-11-4-3-7(8)5-9;8-6(9)5-2-1-3-7-4-5;5-3(6,7)1(11)13-2(12)4(8,9)10;1-2-3(4)5;1-2;;;1-5(2,3)4;/h2-6,9,14H,1,7-8,10H2,(H2,19,24);2-6,9,14H,1,7-8,11H2;3-6,8,11H,1-2,7,9H2,(H2,17,20);1-5H;2*1-6H;5,7H,1-4H2,(H,8,9);;2H,1H2;1-2H3;2*1H4;;1H2/i;;;;;;;;;1D;;;;. The van der Waals surface area contributed by atoms with Gasteiger partial charge >= 0.3 is 35.5 Å². The highest BCUT2D eigenvalue weighted by molar-refractivity contribution is 8.24. The van der Waals surface area contributed by atoms with Crippen LogP contribution in [0.3, 0.4) is 0 Å². The number of piperazine rings is 2. The van der Waals surface area contributed by atoms with Gasteiger partial charge in [-0.1, -0.05) is 136 Å². The van der Waals surface area contributed by atoms with Gasteiger partial charge in [0.25, 0.3) is 0 Å². The molecule has 27 nitrogen and oxygen atoms in total. The number of hydrogen-bond donors (Lipinski definition) is 4. The lowest BCUT2D eigenvalue weighted by Gasteiger charge is -2.40. The van der Waals surface area contributed by atoms with Crippen LogP contribution in [0.1, 0.15) is 55.7 Å². The van der Waals surface area contributed by atoms with Gasteiger partial charge in [0.1, 0.15) is 34.7 Å². The number of H-pyrrole nitrogens is 1. The highest BCUT2D eigenvalue weighted by atomic mass is 36.0. The zero-order valence-corrected chi connectivity index (χ0v) is 80.9. The number of aromatic nitrogens is 6. The van der Waals surface area contributed by atoms with Crippen LogP contribution < -0.4 is 36.5 Å². The number of nitrogens with zero attached hydrogens (tertiary/aromatic N) is 11. The van der Waals surface area contributed by atoms with Crippen molar-refractivity contribution >= 4 is 261 Å². The normalized spacial score (nSPS) is 15.2. The van der Waals surface area contributed by atoms with Crippen LogP contribution in [-0.4, -0.2) is 182 Å². The van der Waals surface area contributed by atoms with Crippen LogP contribution in [-0.2, 0) is 47.7 Å². The first-order valence-corrected chi connectivity index (χ1v) is 47.4. The number of fused-ring (bicyclic) bond motifs is 6. The third-order valence-corrected chi connectivity index (χ3v) is 21.2. The van der Waals surface area contributed by atoms with E-state index in [2.05, 4.69) is 104 Å². The number of carboxylic acid groups (broad SMARTS) is 1. The molecule has 0 bridgehead atoms. The van der Waals surface area contributed by atoms with Gasteiger partial charge in [-0.3, -0.25) is 38.3 Å². The minimum Gasteiger partial charge on any atom is -0.870 e. The van der Waals surface area contributed by atoms with Gasteiger partial charge in [-0.2, -0.15) is 31.6 Å². The van der Waals surface area contributed by atoms with Gasteiger partial charge < -0.3 is 56.6 Å². The number of anilines is 3. The van der Waals surface area contributed by atoms with Crippen LogP contribution in [0.5, 0.6) is 0 Å². The lowest BCUT2D eigenvalue weighted by atomic mass is 9.97. The molecule has 6 aromatic carbocycles. The fourth-order valence-corrected chi connectivity index (χ4v) is 14.5. The second kappa shape index (κ2) is 59.4.